The molecule has 0 aliphatic heterocycles. The van der Waals surface area contributed by atoms with Gasteiger partial charge in [0.05, 0.1) is 18.7 Å². The maximum Gasteiger partial charge on any atom is 0.338 e. The number of carboxylic acid groups (broad SMARTS) is 1. The average molecular weight is 421 g/mol. The van der Waals surface area contributed by atoms with Crippen molar-refractivity contribution in [3.05, 3.63) is 49.7 Å². The van der Waals surface area contributed by atoms with Crippen molar-refractivity contribution in [3.63, 3.8) is 0 Å². The normalized spacial score (nSPS) is 10.8. The van der Waals surface area contributed by atoms with Crippen molar-refractivity contribution in [2.75, 3.05) is 6.61 Å². The number of nitriles is 1. The Morgan fingerprint density at radius 2 is 2.08 bits per heavy atom. The van der Waals surface area contributed by atoms with Gasteiger partial charge in [0.25, 0.3) is 5.56 Å². The second kappa shape index (κ2) is 7.90. The highest BCUT2D eigenvalue weighted by molar-refractivity contribution is 9.10. The molecule has 9 nitrogen and oxygen atoms in total. The molecule has 0 radical (unpaired) electrons. The van der Waals surface area contributed by atoms with E-state index < -0.39 is 24.0 Å². The van der Waals surface area contributed by atoms with Crippen LogP contribution in [0.5, 0.6) is 5.88 Å². The number of aromatic carboxylic acids is 1. The maximum absolute atomic E-state index is 12.5. The van der Waals surface area contributed by atoms with Gasteiger partial charge in [-0.15, -0.1) is 10.2 Å². The Hall–Kier alpha value is -3.03. The molecule has 0 aliphatic carbocycles. The molecule has 0 bridgehead atoms. The van der Waals surface area contributed by atoms with Crippen molar-refractivity contribution in [3.8, 4) is 11.9 Å². The van der Waals surface area contributed by atoms with E-state index >= 15 is 0 Å². The van der Waals surface area contributed by atoms with Gasteiger partial charge >= 0.3 is 5.97 Å². The Morgan fingerprint density at radius 1 is 1.38 bits per heavy atom. The fourth-order valence-electron chi connectivity index (χ4n) is 2.24. The minimum atomic E-state index is -1.22. The lowest BCUT2D eigenvalue weighted by molar-refractivity contribution is 0.0697. The van der Waals surface area contributed by atoms with Crippen LogP contribution in [-0.4, -0.2) is 32.5 Å². The van der Waals surface area contributed by atoms with E-state index in [-0.39, 0.29) is 34.6 Å². The van der Waals surface area contributed by atoms with Crippen molar-refractivity contribution in [2.45, 2.75) is 13.5 Å². The number of azo groups is 1. The highest BCUT2D eigenvalue weighted by Crippen LogP contribution is 2.29. The van der Waals surface area contributed by atoms with Crippen LogP contribution in [0, 0.1) is 18.3 Å². The summed E-state index contributed by atoms with van der Waals surface area (Å²) in [6, 6.07) is 6.08. The zero-order valence-corrected chi connectivity index (χ0v) is 15.1. The van der Waals surface area contributed by atoms with Gasteiger partial charge in [-0.1, -0.05) is 15.9 Å². The van der Waals surface area contributed by atoms with Gasteiger partial charge in [0, 0.05) is 10.0 Å². The van der Waals surface area contributed by atoms with Gasteiger partial charge < -0.3 is 15.3 Å². The van der Waals surface area contributed by atoms with Crippen LogP contribution < -0.4 is 5.56 Å². The van der Waals surface area contributed by atoms with Gasteiger partial charge in [-0.2, -0.15) is 5.26 Å². The van der Waals surface area contributed by atoms with E-state index in [0.29, 0.717) is 4.47 Å². The number of benzene rings is 1. The second-order valence-corrected chi connectivity index (χ2v) is 6.05. The number of halogens is 1. The first kappa shape index (κ1) is 19.3. The molecule has 3 N–H and O–H groups in total. The van der Waals surface area contributed by atoms with E-state index in [2.05, 4.69) is 26.2 Å². The van der Waals surface area contributed by atoms with E-state index in [1.807, 2.05) is 0 Å². The van der Waals surface area contributed by atoms with Crippen molar-refractivity contribution < 1.29 is 20.1 Å². The van der Waals surface area contributed by atoms with E-state index in [1.165, 1.54) is 19.1 Å². The predicted octanol–water partition coefficient (Wildman–Crippen LogP) is 2.60. The SMILES string of the molecule is Cc1c(C#N)c(O)n(CCO)c(=O)c1N=Nc1ccc(Br)cc1C(=O)O. The fourth-order valence-corrected chi connectivity index (χ4v) is 2.60. The zero-order chi connectivity index (χ0) is 19.4. The number of nitrogens with zero attached hydrogens (tertiary/aromatic N) is 4. The van der Waals surface area contributed by atoms with Crippen molar-refractivity contribution >= 4 is 33.3 Å². The summed E-state index contributed by atoms with van der Waals surface area (Å²) in [7, 11) is 0. The van der Waals surface area contributed by atoms with E-state index in [9.17, 15) is 25.1 Å². The number of carboxylic acids is 1. The summed E-state index contributed by atoms with van der Waals surface area (Å²) in [5.41, 5.74) is -1.18. The number of hydrogen-bond donors (Lipinski definition) is 3. The first-order chi connectivity index (χ1) is 12.3. The lowest BCUT2D eigenvalue weighted by atomic mass is 10.1. The van der Waals surface area contributed by atoms with Crippen LogP contribution in [0.25, 0.3) is 0 Å². The van der Waals surface area contributed by atoms with Crippen LogP contribution in [0.2, 0.25) is 0 Å². The molecule has 1 aromatic heterocycles. The number of carbonyl (C=O) groups is 1. The molecule has 26 heavy (non-hydrogen) atoms. The summed E-state index contributed by atoms with van der Waals surface area (Å²) < 4.78 is 1.34. The Kier molecular flexibility index (Phi) is 5.86. The number of hydrogen-bond acceptors (Lipinski definition) is 7. The van der Waals surface area contributed by atoms with Gasteiger partial charge in [-0.25, -0.2) is 4.79 Å². The first-order valence-corrected chi connectivity index (χ1v) is 8.03. The lowest BCUT2D eigenvalue weighted by Gasteiger charge is -2.11. The Labute approximate surface area is 155 Å². The number of aromatic hydroxyl groups is 1. The summed E-state index contributed by atoms with van der Waals surface area (Å²) >= 11 is 3.16. The fraction of sp³-hybridized carbons (Fsp3) is 0.188. The molecule has 10 heteroatoms. The zero-order valence-electron chi connectivity index (χ0n) is 13.5. The van der Waals surface area contributed by atoms with Crippen LogP contribution in [0.1, 0.15) is 21.5 Å². The van der Waals surface area contributed by atoms with Crippen LogP contribution in [-0.2, 0) is 6.54 Å². The van der Waals surface area contributed by atoms with Gasteiger partial charge in [0.2, 0.25) is 5.88 Å². The average Bonchev–Trinajstić information content (AvgIpc) is 2.59. The summed E-state index contributed by atoms with van der Waals surface area (Å²) in [5, 5.41) is 45.1. The molecule has 134 valence electrons. The minimum Gasteiger partial charge on any atom is -0.493 e. The minimum absolute atomic E-state index is 0.0137. The van der Waals surface area contributed by atoms with Crippen molar-refractivity contribution in [2.24, 2.45) is 10.2 Å². The standard InChI is InChI=1S/C16H13BrN4O5/c1-8-11(7-18)14(23)21(4-5-22)15(24)13(8)20-19-12-3-2-9(17)6-10(12)16(25)26/h2-3,6,22-23H,4-5H2,1H3,(H,25,26). The van der Waals surface area contributed by atoms with E-state index in [1.54, 1.807) is 12.1 Å². The molecule has 1 heterocycles. The lowest BCUT2D eigenvalue weighted by Crippen LogP contribution is -2.23. The van der Waals surface area contributed by atoms with E-state index in [4.69, 9.17) is 5.11 Å². The molecule has 0 amide bonds. The van der Waals surface area contributed by atoms with E-state index in [0.717, 1.165) is 4.57 Å². The number of aromatic nitrogens is 1. The smallest absolute Gasteiger partial charge is 0.338 e. The molecule has 0 aliphatic rings. The van der Waals surface area contributed by atoms with Crippen molar-refractivity contribution in [1.29, 1.82) is 5.26 Å². The van der Waals surface area contributed by atoms with Gasteiger partial charge in [0.15, 0.2) is 5.69 Å². The molecule has 0 atom stereocenters. The molecular weight excluding hydrogens is 408 g/mol. The Balaban J connectivity index is 2.66. The highest BCUT2D eigenvalue weighted by atomic mass is 79.9. The topological polar surface area (TPSA) is 148 Å². The molecule has 0 saturated heterocycles. The molecule has 2 rings (SSSR count). The van der Waals surface area contributed by atoms with Gasteiger partial charge in [-0.3, -0.25) is 9.36 Å². The third-order valence-corrected chi connectivity index (χ3v) is 4.03. The summed E-state index contributed by atoms with van der Waals surface area (Å²) in [6.45, 7) is 0.742. The van der Waals surface area contributed by atoms with Crippen LogP contribution in [0.4, 0.5) is 11.4 Å². The van der Waals surface area contributed by atoms with Gasteiger partial charge in [0.1, 0.15) is 17.3 Å². The first-order valence-electron chi connectivity index (χ1n) is 7.23. The number of aliphatic hydroxyl groups excluding tert-OH is 1. The Morgan fingerprint density at radius 3 is 2.65 bits per heavy atom. The third-order valence-electron chi connectivity index (χ3n) is 3.54. The maximum atomic E-state index is 12.5. The summed E-state index contributed by atoms with van der Waals surface area (Å²) in [4.78, 5) is 23.8. The molecule has 2 aromatic rings. The molecule has 0 saturated carbocycles. The number of aliphatic hydroxyl groups is 1. The van der Waals surface area contributed by atoms with Crippen LogP contribution >= 0.6 is 15.9 Å². The molecule has 0 unspecified atom stereocenters. The monoisotopic (exact) mass is 420 g/mol. The molecular formula is C16H13BrN4O5. The number of pyridine rings is 1. The van der Waals surface area contributed by atoms with Crippen LogP contribution in [0.3, 0.4) is 0 Å². The van der Waals surface area contributed by atoms with Crippen molar-refractivity contribution in [1.82, 2.24) is 4.57 Å². The predicted molar refractivity (Wildman–Crippen MR) is 94.2 cm³/mol. The highest BCUT2D eigenvalue weighted by Gasteiger charge is 2.19. The Bertz CT molecular complexity index is 1010. The number of rotatable bonds is 5. The molecule has 0 fully saturated rings. The third kappa shape index (κ3) is 3.63. The summed E-state index contributed by atoms with van der Waals surface area (Å²) in [5.74, 6) is -1.80. The molecule has 0 spiro atoms. The summed E-state index contributed by atoms with van der Waals surface area (Å²) in [6.07, 6.45) is 0. The largest absolute Gasteiger partial charge is 0.493 e. The van der Waals surface area contributed by atoms with Crippen LogP contribution in [0.15, 0.2) is 37.7 Å². The quantitative estimate of drug-likeness (QED) is 0.632. The molecule has 1 aromatic carbocycles. The second-order valence-electron chi connectivity index (χ2n) is 5.13. The van der Waals surface area contributed by atoms with Gasteiger partial charge in [-0.05, 0) is 25.1 Å².